The molecule has 108 valence electrons. The fraction of sp³-hybridized carbons (Fsp3) is 0.467. The minimum atomic E-state index is -0.776. The monoisotopic (exact) mass is 277 g/mol. The summed E-state index contributed by atoms with van der Waals surface area (Å²) in [7, 11) is 0. The van der Waals surface area contributed by atoms with Crippen molar-refractivity contribution >= 4 is 11.9 Å². The number of hydrogen-bond acceptors (Lipinski definition) is 3. The predicted octanol–water partition coefficient (Wildman–Crippen LogP) is 1.57. The van der Waals surface area contributed by atoms with Gasteiger partial charge in [-0.1, -0.05) is 30.3 Å². The molecular formula is C15H19NO4. The predicted molar refractivity (Wildman–Crippen MR) is 73.0 cm³/mol. The Hall–Kier alpha value is -1.88. The minimum absolute atomic E-state index is 0.00311. The molecule has 1 amide bonds. The first-order valence-corrected chi connectivity index (χ1v) is 6.79. The van der Waals surface area contributed by atoms with Crippen LogP contribution in [0.25, 0.3) is 0 Å². The molecule has 0 saturated heterocycles. The van der Waals surface area contributed by atoms with Gasteiger partial charge in [0, 0.05) is 6.04 Å². The number of amides is 1. The summed E-state index contributed by atoms with van der Waals surface area (Å²) in [4.78, 5) is 22.5. The Morgan fingerprint density at radius 1 is 1.25 bits per heavy atom. The lowest BCUT2D eigenvalue weighted by molar-refractivity contribution is -0.141. The maximum absolute atomic E-state index is 11.7. The Morgan fingerprint density at radius 2 is 2.00 bits per heavy atom. The molecule has 1 aliphatic carbocycles. The Morgan fingerprint density at radius 3 is 2.65 bits per heavy atom. The van der Waals surface area contributed by atoms with E-state index in [1.807, 2.05) is 30.3 Å². The maximum Gasteiger partial charge on any atom is 0.306 e. The number of hydrogen-bond donors (Lipinski definition) is 2. The lowest BCUT2D eigenvalue weighted by Gasteiger charge is -2.12. The van der Waals surface area contributed by atoms with E-state index in [1.54, 1.807) is 0 Å². The number of nitrogens with one attached hydrogen (secondary N) is 1. The first kappa shape index (κ1) is 14.5. The Kier molecular flexibility index (Phi) is 5.12. The molecule has 1 aliphatic rings. The summed E-state index contributed by atoms with van der Waals surface area (Å²) in [5.41, 5.74) is 1.02. The smallest absolute Gasteiger partial charge is 0.306 e. The molecule has 0 aromatic heterocycles. The summed E-state index contributed by atoms with van der Waals surface area (Å²) in [6, 6.07) is 9.60. The summed E-state index contributed by atoms with van der Waals surface area (Å²) in [6.07, 6.45) is 1.87. The van der Waals surface area contributed by atoms with E-state index in [2.05, 4.69) is 5.32 Å². The number of rotatable bonds is 6. The van der Waals surface area contributed by atoms with Crippen LogP contribution in [0.15, 0.2) is 30.3 Å². The highest BCUT2D eigenvalue weighted by atomic mass is 16.5. The molecule has 1 aromatic carbocycles. The van der Waals surface area contributed by atoms with Crippen LogP contribution in [0.4, 0.5) is 0 Å². The van der Waals surface area contributed by atoms with E-state index in [0.29, 0.717) is 19.4 Å². The highest BCUT2D eigenvalue weighted by Gasteiger charge is 2.30. The van der Waals surface area contributed by atoms with Crippen molar-refractivity contribution in [3.63, 3.8) is 0 Å². The van der Waals surface area contributed by atoms with E-state index < -0.39 is 5.97 Å². The van der Waals surface area contributed by atoms with Crippen molar-refractivity contribution in [2.75, 3.05) is 6.61 Å². The van der Waals surface area contributed by atoms with Crippen molar-refractivity contribution < 1.29 is 19.4 Å². The molecule has 0 bridgehead atoms. The van der Waals surface area contributed by atoms with Gasteiger partial charge >= 0.3 is 5.97 Å². The van der Waals surface area contributed by atoms with Crippen LogP contribution in [0.5, 0.6) is 0 Å². The van der Waals surface area contributed by atoms with Crippen molar-refractivity contribution in [2.24, 2.45) is 5.92 Å². The van der Waals surface area contributed by atoms with Gasteiger partial charge in [0.1, 0.15) is 6.61 Å². The van der Waals surface area contributed by atoms with Gasteiger partial charge in [-0.25, -0.2) is 0 Å². The lowest BCUT2D eigenvalue weighted by atomic mass is 10.1. The quantitative estimate of drug-likeness (QED) is 0.827. The zero-order chi connectivity index (χ0) is 14.4. The van der Waals surface area contributed by atoms with Gasteiger partial charge in [-0.05, 0) is 24.8 Å². The van der Waals surface area contributed by atoms with E-state index in [9.17, 15) is 9.59 Å². The second-order valence-corrected chi connectivity index (χ2v) is 5.09. The fourth-order valence-electron chi connectivity index (χ4n) is 2.44. The molecule has 20 heavy (non-hydrogen) atoms. The number of carboxylic acid groups (broad SMARTS) is 1. The summed E-state index contributed by atoms with van der Waals surface area (Å²) in [5.74, 6) is -1.29. The molecule has 1 saturated carbocycles. The van der Waals surface area contributed by atoms with Gasteiger partial charge in [-0.3, -0.25) is 9.59 Å². The molecule has 5 nitrogen and oxygen atoms in total. The van der Waals surface area contributed by atoms with Crippen molar-refractivity contribution in [3.8, 4) is 0 Å². The standard InChI is InChI=1S/C15H19NO4/c17-14(10-20-9-11-4-2-1-3-5-11)16-13-7-6-12(8-13)15(18)19/h1-5,12-13H,6-10H2,(H,16,17)(H,18,19)/t12-,13+/m1/s1. The van der Waals surface area contributed by atoms with Gasteiger partial charge in [0.15, 0.2) is 0 Å². The van der Waals surface area contributed by atoms with E-state index in [4.69, 9.17) is 9.84 Å². The van der Waals surface area contributed by atoms with E-state index in [0.717, 1.165) is 12.0 Å². The highest BCUT2D eigenvalue weighted by Crippen LogP contribution is 2.25. The first-order chi connectivity index (χ1) is 9.65. The number of benzene rings is 1. The van der Waals surface area contributed by atoms with E-state index in [-0.39, 0.29) is 24.5 Å². The number of carbonyl (C=O) groups excluding carboxylic acids is 1. The van der Waals surface area contributed by atoms with Gasteiger partial charge in [0.2, 0.25) is 5.91 Å². The highest BCUT2D eigenvalue weighted by molar-refractivity contribution is 5.78. The fourth-order valence-corrected chi connectivity index (χ4v) is 2.44. The van der Waals surface area contributed by atoms with Crippen LogP contribution >= 0.6 is 0 Å². The summed E-state index contributed by atoms with van der Waals surface area (Å²) < 4.78 is 5.34. The lowest BCUT2D eigenvalue weighted by Crippen LogP contribution is -2.35. The normalized spacial score (nSPS) is 21.6. The Bertz CT molecular complexity index is 460. The van der Waals surface area contributed by atoms with Crippen LogP contribution in [0.3, 0.4) is 0 Å². The molecule has 0 unspecified atom stereocenters. The summed E-state index contributed by atoms with van der Waals surface area (Å²) in [5, 5.41) is 11.7. The van der Waals surface area contributed by atoms with Crippen LogP contribution in [0.2, 0.25) is 0 Å². The molecule has 0 heterocycles. The van der Waals surface area contributed by atoms with Crippen molar-refractivity contribution in [1.82, 2.24) is 5.32 Å². The Balaban J connectivity index is 1.65. The minimum Gasteiger partial charge on any atom is -0.481 e. The second kappa shape index (κ2) is 7.05. The molecule has 2 N–H and O–H groups in total. The van der Waals surface area contributed by atoms with Gasteiger partial charge in [0.05, 0.1) is 12.5 Å². The van der Waals surface area contributed by atoms with Gasteiger partial charge in [0.25, 0.3) is 0 Å². The number of carboxylic acids is 1. The van der Waals surface area contributed by atoms with Crippen LogP contribution in [-0.2, 0) is 20.9 Å². The average Bonchev–Trinajstić information content (AvgIpc) is 2.88. The van der Waals surface area contributed by atoms with Crippen LogP contribution in [0.1, 0.15) is 24.8 Å². The van der Waals surface area contributed by atoms with Crippen molar-refractivity contribution in [1.29, 1.82) is 0 Å². The second-order valence-electron chi connectivity index (χ2n) is 5.09. The molecule has 1 fully saturated rings. The number of ether oxygens (including phenoxy) is 1. The zero-order valence-corrected chi connectivity index (χ0v) is 11.2. The van der Waals surface area contributed by atoms with E-state index in [1.165, 1.54) is 0 Å². The zero-order valence-electron chi connectivity index (χ0n) is 11.2. The Labute approximate surface area is 117 Å². The third kappa shape index (κ3) is 4.35. The third-order valence-corrected chi connectivity index (χ3v) is 3.49. The molecule has 5 heteroatoms. The number of aliphatic carboxylic acids is 1. The van der Waals surface area contributed by atoms with Gasteiger partial charge in [-0.2, -0.15) is 0 Å². The molecule has 1 aromatic rings. The van der Waals surface area contributed by atoms with Gasteiger partial charge in [-0.15, -0.1) is 0 Å². The van der Waals surface area contributed by atoms with Gasteiger partial charge < -0.3 is 15.2 Å². The van der Waals surface area contributed by atoms with Crippen LogP contribution in [0, 0.1) is 5.92 Å². The van der Waals surface area contributed by atoms with Crippen molar-refractivity contribution in [2.45, 2.75) is 31.9 Å². The largest absolute Gasteiger partial charge is 0.481 e. The molecular weight excluding hydrogens is 258 g/mol. The maximum atomic E-state index is 11.7. The molecule has 0 aliphatic heterocycles. The molecule has 0 radical (unpaired) electrons. The molecule has 0 spiro atoms. The van der Waals surface area contributed by atoms with E-state index >= 15 is 0 Å². The van der Waals surface area contributed by atoms with Crippen LogP contribution < -0.4 is 5.32 Å². The average molecular weight is 277 g/mol. The molecule has 2 atom stereocenters. The third-order valence-electron chi connectivity index (χ3n) is 3.49. The summed E-state index contributed by atoms with van der Waals surface area (Å²) in [6.45, 7) is 0.403. The summed E-state index contributed by atoms with van der Waals surface area (Å²) >= 11 is 0. The first-order valence-electron chi connectivity index (χ1n) is 6.79. The molecule has 2 rings (SSSR count). The van der Waals surface area contributed by atoms with Crippen molar-refractivity contribution in [3.05, 3.63) is 35.9 Å². The number of carbonyl (C=O) groups is 2. The SMILES string of the molecule is O=C(COCc1ccccc1)N[C@H]1CC[C@@H](C(=O)O)C1. The van der Waals surface area contributed by atoms with Crippen LogP contribution in [-0.4, -0.2) is 29.6 Å². The topological polar surface area (TPSA) is 75.6 Å².